The summed E-state index contributed by atoms with van der Waals surface area (Å²) in [5.74, 6) is 1.57. The number of rotatable bonds is 5. The largest absolute Gasteiger partial charge is 0.467 e. The van der Waals surface area contributed by atoms with Gasteiger partial charge in [0, 0.05) is 29.6 Å². The van der Waals surface area contributed by atoms with Crippen LogP contribution >= 0.6 is 0 Å². The Hall–Kier alpha value is -3.39. The molecule has 6 heterocycles. The number of halogens is 1. The molecule has 3 aromatic heterocycles. The number of methoxy groups -OCH3 is 1. The smallest absolute Gasteiger partial charge is 0.318 e. The van der Waals surface area contributed by atoms with Gasteiger partial charge in [0.25, 0.3) is 0 Å². The predicted octanol–water partition coefficient (Wildman–Crippen LogP) is 4.51. The van der Waals surface area contributed by atoms with E-state index in [9.17, 15) is 0 Å². The van der Waals surface area contributed by atoms with Crippen LogP contribution in [0.1, 0.15) is 41.3 Å². The molecule has 0 saturated carbocycles. The molecule has 0 radical (unpaired) electrons. The van der Waals surface area contributed by atoms with Crippen LogP contribution in [-0.2, 0) is 6.54 Å². The lowest BCUT2D eigenvalue weighted by molar-refractivity contribution is 0.0870. The second-order valence-electron chi connectivity index (χ2n) is 9.77. The quantitative estimate of drug-likeness (QED) is 0.426. The molecular formula is C27H29FN6O. The highest BCUT2D eigenvalue weighted by Crippen LogP contribution is 2.39. The number of hydrogen-bond donors (Lipinski definition) is 0. The van der Waals surface area contributed by atoms with E-state index in [0.29, 0.717) is 46.6 Å². The summed E-state index contributed by atoms with van der Waals surface area (Å²) >= 11 is 0. The first kappa shape index (κ1) is 22.1. The van der Waals surface area contributed by atoms with Crippen molar-refractivity contribution in [1.82, 2.24) is 29.4 Å². The average Bonchev–Trinajstić information content (AvgIpc) is 3.25. The molecule has 1 unspecified atom stereocenters. The van der Waals surface area contributed by atoms with Gasteiger partial charge >= 0.3 is 6.01 Å². The minimum Gasteiger partial charge on any atom is -0.467 e. The second kappa shape index (κ2) is 8.68. The van der Waals surface area contributed by atoms with Crippen LogP contribution in [0, 0.1) is 25.6 Å². The van der Waals surface area contributed by atoms with Crippen molar-refractivity contribution in [3.8, 4) is 17.4 Å². The Morgan fingerprint density at radius 1 is 1.06 bits per heavy atom. The normalized spacial score (nSPS) is 21.5. The number of piperidine rings is 3. The maximum absolute atomic E-state index is 15.5. The Morgan fingerprint density at radius 3 is 2.54 bits per heavy atom. The van der Waals surface area contributed by atoms with Crippen LogP contribution in [-0.4, -0.2) is 56.1 Å². The molecule has 3 fully saturated rings. The van der Waals surface area contributed by atoms with Gasteiger partial charge in [-0.1, -0.05) is 12.1 Å². The van der Waals surface area contributed by atoms with Crippen LogP contribution in [0.2, 0.25) is 0 Å². The summed E-state index contributed by atoms with van der Waals surface area (Å²) in [4.78, 5) is 20.8. The fraction of sp³-hybridized carbons (Fsp3) is 0.407. The Morgan fingerprint density at radius 2 is 1.89 bits per heavy atom. The van der Waals surface area contributed by atoms with Gasteiger partial charge in [-0.3, -0.25) is 4.98 Å². The standard InChI is InChI=1S/C27H29FN6O/c1-16-4-5-20(13-29-16)25-31-24-17(2)30-27(35-3)32-26(24)34(25)14-21-7-6-19(12-23(21)28)22-15-33-10-8-18(22)9-11-33/h4-7,12-13,18,22H,8-11,14-15H2,1-3H3. The van der Waals surface area contributed by atoms with Crippen molar-refractivity contribution in [3.63, 3.8) is 0 Å². The summed E-state index contributed by atoms with van der Waals surface area (Å²) in [6.07, 6.45) is 4.22. The number of hydrogen-bond acceptors (Lipinski definition) is 6. The maximum Gasteiger partial charge on any atom is 0.318 e. The van der Waals surface area contributed by atoms with Crippen LogP contribution in [0.15, 0.2) is 36.5 Å². The number of pyridine rings is 1. The van der Waals surface area contributed by atoms with Crippen LogP contribution in [0.3, 0.4) is 0 Å². The third-order valence-electron chi connectivity index (χ3n) is 7.59. The van der Waals surface area contributed by atoms with Gasteiger partial charge in [-0.15, -0.1) is 0 Å². The van der Waals surface area contributed by atoms with Crippen molar-refractivity contribution in [2.24, 2.45) is 5.92 Å². The first-order valence-electron chi connectivity index (χ1n) is 12.2. The van der Waals surface area contributed by atoms with Gasteiger partial charge in [0.1, 0.15) is 17.2 Å². The summed E-state index contributed by atoms with van der Waals surface area (Å²) in [5.41, 5.74) is 5.48. The third-order valence-corrected chi connectivity index (χ3v) is 7.59. The molecule has 3 aliphatic heterocycles. The zero-order valence-electron chi connectivity index (χ0n) is 20.3. The van der Waals surface area contributed by atoms with Gasteiger partial charge in [-0.2, -0.15) is 9.97 Å². The molecule has 0 amide bonds. The highest BCUT2D eigenvalue weighted by molar-refractivity contribution is 5.79. The van der Waals surface area contributed by atoms with E-state index in [4.69, 9.17) is 9.72 Å². The molecule has 7 nitrogen and oxygen atoms in total. The van der Waals surface area contributed by atoms with Crippen molar-refractivity contribution >= 4 is 11.2 Å². The lowest BCUT2D eigenvalue weighted by atomic mass is 9.75. The number of fused-ring (bicyclic) bond motifs is 4. The molecule has 2 bridgehead atoms. The van der Waals surface area contributed by atoms with Crippen molar-refractivity contribution in [3.05, 3.63) is 64.9 Å². The second-order valence-corrected chi connectivity index (χ2v) is 9.77. The average molecular weight is 473 g/mol. The molecule has 1 atom stereocenters. The van der Waals surface area contributed by atoms with Gasteiger partial charge in [-0.05, 0) is 75.4 Å². The first-order valence-corrected chi connectivity index (χ1v) is 12.2. The highest BCUT2D eigenvalue weighted by atomic mass is 19.1. The zero-order chi connectivity index (χ0) is 24.1. The van der Waals surface area contributed by atoms with Crippen molar-refractivity contribution in [2.75, 3.05) is 26.7 Å². The summed E-state index contributed by atoms with van der Waals surface area (Å²) in [7, 11) is 1.54. The molecule has 4 aromatic rings. The van der Waals surface area contributed by atoms with Gasteiger partial charge in [0.2, 0.25) is 0 Å². The predicted molar refractivity (Wildman–Crippen MR) is 132 cm³/mol. The summed E-state index contributed by atoms with van der Waals surface area (Å²) in [6.45, 7) is 7.51. The molecular weight excluding hydrogens is 443 g/mol. The molecule has 1 aromatic carbocycles. The van der Waals surface area contributed by atoms with E-state index in [-0.39, 0.29) is 11.8 Å². The Bertz CT molecular complexity index is 1390. The molecule has 0 spiro atoms. The third kappa shape index (κ3) is 3.95. The molecule has 8 heteroatoms. The fourth-order valence-electron chi connectivity index (χ4n) is 5.61. The Balaban J connectivity index is 1.41. The number of aromatic nitrogens is 5. The van der Waals surface area contributed by atoms with Gasteiger partial charge in [0.05, 0.1) is 19.3 Å². The molecule has 3 aliphatic rings. The monoisotopic (exact) mass is 472 g/mol. The highest BCUT2D eigenvalue weighted by Gasteiger charge is 2.35. The molecule has 35 heavy (non-hydrogen) atoms. The summed E-state index contributed by atoms with van der Waals surface area (Å²) in [6, 6.07) is 9.97. The van der Waals surface area contributed by atoms with Crippen molar-refractivity contribution in [2.45, 2.75) is 39.2 Å². The van der Waals surface area contributed by atoms with Crippen LogP contribution in [0.5, 0.6) is 6.01 Å². The number of benzene rings is 1. The van der Waals surface area contributed by atoms with Gasteiger partial charge in [-0.25, -0.2) is 9.37 Å². The molecule has 3 saturated heterocycles. The van der Waals surface area contributed by atoms with E-state index in [1.54, 1.807) is 19.4 Å². The van der Waals surface area contributed by atoms with Crippen molar-refractivity contribution in [1.29, 1.82) is 0 Å². The molecule has 0 aliphatic carbocycles. The SMILES string of the molecule is COc1nc(C)c2nc(-c3ccc(C)nc3)n(Cc3ccc(C4CN5CCC4CC5)cc3F)c2n1. The van der Waals surface area contributed by atoms with Gasteiger partial charge in [0.15, 0.2) is 5.65 Å². The fourth-order valence-corrected chi connectivity index (χ4v) is 5.61. The molecule has 180 valence electrons. The lowest BCUT2D eigenvalue weighted by Gasteiger charge is -2.45. The van der Waals surface area contributed by atoms with Crippen LogP contribution in [0.4, 0.5) is 4.39 Å². The number of imidazole rings is 1. The first-order chi connectivity index (χ1) is 17.0. The molecule has 0 N–H and O–H groups in total. The Kier molecular flexibility index (Phi) is 5.48. The van der Waals surface area contributed by atoms with E-state index in [1.165, 1.54) is 25.9 Å². The Labute approximate surface area is 204 Å². The van der Waals surface area contributed by atoms with E-state index >= 15 is 4.39 Å². The topological polar surface area (TPSA) is 69.0 Å². The van der Waals surface area contributed by atoms with E-state index < -0.39 is 0 Å². The van der Waals surface area contributed by atoms with E-state index in [0.717, 1.165) is 23.4 Å². The van der Waals surface area contributed by atoms with Gasteiger partial charge < -0.3 is 14.2 Å². The lowest BCUT2D eigenvalue weighted by Crippen LogP contribution is -2.46. The van der Waals surface area contributed by atoms with E-state index in [2.05, 4.69) is 25.9 Å². The van der Waals surface area contributed by atoms with E-state index in [1.807, 2.05) is 36.6 Å². The zero-order valence-corrected chi connectivity index (χ0v) is 20.3. The minimum atomic E-state index is -0.188. The maximum atomic E-state index is 15.5. The number of aryl methyl sites for hydroxylation is 2. The number of nitrogens with zero attached hydrogens (tertiary/aromatic N) is 6. The molecule has 7 rings (SSSR count). The summed E-state index contributed by atoms with van der Waals surface area (Å²) in [5, 5.41) is 0. The minimum absolute atomic E-state index is 0.188. The number of ether oxygens (including phenoxy) is 1. The van der Waals surface area contributed by atoms with Crippen LogP contribution in [0.25, 0.3) is 22.6 Å². The van der Waals surface area contributed by atoms with Crippen molar-refractivity contribution < 1.29 is 9.13 Å². The summed E-state index contributed by atoms with van der Waals surface area (Å²) < 4.78 is 22.8. The van der Waals surface area contributed by atoms with Crippen LogP contribution < -0.4 is 4.74 Å².